The molecule has 0 aliphatic carbocycles. The summed E-state index contributed by atoms with van der Waals surface area (Å²) < 4.78 is 5.21. The molecule has 2 aromatic rings. The molecule has 0 spiro atoms. The molecule has 1 aliphatic heterocycles. The number of nitrogens with one attached hydrogen (secondary N) is 1. The van der Waals surface area contributed by atoms with Gasteiger partial charge in [0.25, 0.3) is 5.91 Å². The number of anilines is 1. The first-order valence-corrected chi connectivity index (χ1v) is 6.81. The van der Waals surface area contributed by atoms with Gasteiger partial charge in [0.05, 0.1) is 0 Å². The summed E-state index contributed by atoms with van der Waals surface area (Å²) >= 11 is 0. The first kappa shape index (κ1) is 14.0. The van der Waals surface area contributed by atoms with E-state index in [4.69, 9.17) is 4.52 Å². The molecule has 0 unspecified atom stereocenters. The lowest BCUT2D eigenvalue weighted by Gasteiger charge is -2.18. The number of nitrogens with zero attached hydrogens (tertiary/aromatic N) is 3. The summed E-state index contributed by atoms with van der Waals surface area (Å²) in [6.07, 6.45) is 0.592. The lowest BCUT2D eigenvalue weighted by atomic mass is 10.1. The van der Waals surface area contributed by atoms with E-state index in [1.807, 2.05) is 30.3 Å². The Morgan fingerprint density at radius 1 is 1.27 bits per heavy atom. The van der Waals surface area contributed by atoms with Gasteiger partial charge < -0.3 is 9.84 Å². The number of aromatic nitrogens is 1. The van der Waals surface area contributed by atoms with Gasteiger partial charge in [-0.3, -0.25) is 9.59 Å². The number of hydrazone groups is 1. The van der Waals surface area contributed by atoms with Crippen molar-refractivity contribution in [1.82, 2.24) is 10.2 Å². The summed E-state index contributed by atoms with van der Waals surface area (Å²) in [6.45, 7) is 0. The van der Waals surface area contributed by atoms with Crippen molar-refractivity contribution in [2.75, 3.05) is 12.4 Å². The minimum Gasteiger partial charge on any atom is -0.354 e. The van der Waals surface area contributed by atoms with Gasteiger partial charge in [0.2, 0.25) is 5.91 Å². The van der Waals surface area contributed by atoms with Gasteiger partial charge in [-0.1, -0.05) is 35.5 Å². The highest BCUT2D eigenvalue weighted by Gasteiger charge is 2.22. The zero-order valence-electron chi connectivity index (χ0n) is 11.9. The van der Waals surface area contributed by atoms with Crippen molar-refractivity contribution in [3.8, 4) is 11.3 Å². The summed E-state index contributed by atoms with van der Waals surface area (Å²) in [5.41, 5.74) is 1.17. The van der Waals surface area contributed by atoms with Crippen LogP contribution in [-0.4, -0.2) is 34.7 Å². The van der Waals surface area contributed by atoms with Gasteiger partial charge >= 0.3 is 0 Å². The van der Waals surface area contributed by atoms with Crippen molar-refractivity contribution in [2.24, 2.45) is 5.10 Å². The fourth-order valence-electron chi connectivity index (χ4n) is 2.09. The second-order valence-corrected chi connectivity index (χ2v) is 4.86. The summed E-state index contributed by atoms with van der Waals surface area (Å²) in [4.78, 5) is 23.4. The number of amides is 2. The van der Waals surface area contributed by atoms with Crippen molar-refractivity contribution in [1.29, 1.82) is 0 Å². The Labute approximate surface area is 126 Å². The number of benzene rings is 1. The van der Waals surface area contributed by atoms with E-state index < -0.39 is 0 Å². The summed E-state index contributed by atoms with van der Waals surface area (Å²) in [7, 11) is 1.53. The van der Waals surface area contributed by atoms with Gasteiger partial charge in [0.15, 0.2) is 11.6 Å². The Balaban J connectivity index is 1.72. The molecule has 0 bridgehead atoms. The van der Waals surface area contributed by atoms with Gasteiger partial charge in [-0.25, -0.2) is 5.01 Å². The summed E-state index contributed by atoms with van der Waals surface area (Å²) in [5.74, 6) is 0.386. The van der Waals surface area contributed by atoms with Gasteiger partial charge in [-0.15, -0.1) is 0 Å². The summed E-state index contributed by atoms with van der Waals surface area (Å²) in [5, 5.41) is 11.6. The first-order valence-electron chi connectivity index (χ1n) is 6.81. The first-order chi connectivity index (χ1) is 10.6. The standard InChI is InChI=1S/C15H14N4O3/c1-19-14(20)8-7-11(17-19)15(21)16-13-9-12(22-18-13)10-5-3-2-4-6-10/h2-6,9H,7-8H2,1H3,(H,16,18,21). The molecule has 3 rings (SSSR count). The van der Waals surface area contributed by atoms with Crippen molar-refractivity contribution in [2.45, 2.75) is 12.8 Å². The third kappa shape index (κ3) is 2.88. The average Bonchev–Trinajstić information content (AvgIpc) is 2.99. The van der Waals surface area contributed by atoms with Crippen molar-refractivity contribution in [3.05, 3.63) is 36.4 Å². The fourth-order valence-corrected chi connectivity index (χ4v) is 2.09. The SMILES string of the molecule is CN1N=C(C(=O)Nc2cc(-c3ccccc3)on2)CCC1=O. The lowest BCUT2D eigenvalue weighted by molar-refractivity contribution is -0.130. The van der Waals surface area contributed by atoms with E-state index in [0.717, 1.165) is 5.56 Å². The minimum absolute atomic E-state index is 0.107. The molecule has 0 fully saturated rings. The number of carbonyl (C=O) groups excluding carboxylic acids is 2. The maximum absolute atomic E-state index is 12.1. The van der Waals surface area contributed by atoms with E-state index in [1.54, 1.807) is 6.07 Å². The topological polar surface area (TPSA) is 87.8 Å². The highest BCUT2D eigenvalue weighted by molar-refractivity contribution is 6.43. The van der Waals surface area contributed by atoms with Gasteiger partial charge in [0, 0.05) is 31.5 Å². The molecular formula is C15H14N4O3. The Hall–Kier alpha value is -2.96. The lowest BCUT2D eigenvalue weighted by Crippen LogP contribution is -2.34. The molecule has 2 amide bonds. The number of carbonyl (C=O) groups is 2. The molecule has 0 radical (unpaired) electrons. The quantitative estimate of drug-likeness (QED) is 0.937. The van der Waals surface area contributed by atoms with Crippen molar-refractivity contribution >= 4 is 23.3 Å². The zero-order chi connectivity index (χ0) is 15.5. The van der Waals surface area contributed by atoms with E-state index in [9.17, 15) is 9.59 Å². The highest BCUT2D eigenvalue weighted by Crippen LogP contribution is 2.22. The Morgan fingerprint density at radius 2 is 2.05 bits per heavy atom. The monoisotopic (exact) mass is 298 g/mol. The van der Waals surface area contributed by atoms with Crippen LogP contribution in [0.25, 0.3) is 11.3 Å². The highest BCUT2D eigenvalue weighted by atomic mass is 16.5. The van der Waals surface area contributed by atoms with E-state index >= 15 is 0 Å². The minimum atomic E-state index is -0.382. The molecule has 0 saturated heterocycles. The van der Waals surface area contributed by atoms with Crippen LogP contribution < -0.4 is 5.32 Å². The molecule has 1 aromatic carbocycles. The molecule has 7 nitrogen and oxygen atoms in total. The molecular weight excluding hydrogens is 284 g/mol. The second-order valence-electron chi connectivity index (χ2n) is 4.86. The molecule has 0 atom stereocenters. The average molecular weight is 298 g/mol. The number of hydrogen-bond donors (Lipinski definition) is 1. The van der Waals surface area contributed by atoms with Crippen LogP contribution in [0.5, 0.6) is 0 Å². The van der Waals surface area contributed by atoms with E-state index in [2.05, 4.69) is 15.6 Å². The molecule has 2 heterocycles. The van der Waals surface area contributed by atoms with Crippen LogP contribution in [0, 0.1) is 0 Å². The Bertz CT molecular complexity index is 736. The van der Waals surface area contributed by atoms with Crippen LogP contribution in [0.4, 0.5) is 5.82 Å². The van der Waals surface area contributed by atoms with E-state index in [1.165, 1.54) is 12.1 Å². The van der Waals surface area contributed by atoms with Gasteiger partial charge in [-0.2, -0.15) is 5.10 Å². The third-order valence-corrected chi connectivity index (χ3v) is 3.28. The zero-order valence-corrected chi connectivity index (χ0v) is 11.9. The molecule has 7 heteroatoms. The Morgan fingerprint density at radius 3 is 2.77 bits per heavy atom. The van der Waals surface area contributed by atoms with E-state index in [0.29, 0.717) is 23.7 Å². The molecule has 1 aromatic heterocycles. The predicted octanol–water partition coefficient (Wildman–Crippen LogP) is 1.89. The third-order valence-electron chi connectivity index (χ3n) is 3.28. The van der Waals surface area contributed by atoms with Crippen LogP contribution in [0.1, 0.15) is 12.8 Å². The van der Waals surface area contributed by atoms with Crippen LogP contribution in [0.3, 0.4) is 0 Å². The van der Waals surface area contributed by atoms with Crippen molar-refractivity contribution in [3.63, 3.8) is 0 Å². The van der Waals surface area contributed by atoms with Gasteiger partial charge in [0.1, 0.15) is 5.71 Å². The normalized spacial score (nSPS) is 14.7. The smallest absolute Gasteiger partial charge is 0.273 e. The van der Waals surface area contributed by atoms with E-state index in [-0.39, 0.29) is 18.2 Å². The van der Waals surface area contributed by atoms with Crippen molar-refractivity contribution < 1.29 is 14.1 Å². The maximum atomic E-state index is 12.1. The van der Waals surface area contributed by atoms with Crippen LogP contribution in [0.2, 0.25) is 0 Å². The molecule has 112 valence electrons. The van der Waals surface area contributed by atoms with Gasteiger partial charge in [-0.05, 0) is 0 Å². The number of hydrogen-bond acceptors (Lipinski definition) is 5. The molecule has 1 aliphatic rings. The Kier molecular flexibility index (Phi) is 3.69. The molecule has 22 heavy (non-hydrogen) atoms. The summed E-state index contributed by atoms with van der Waals surface area (Å²) in [6, 6.07) is 11.1. The fraction of sp³-hybridized carbons (Fsp3) is 0.200. The maximum Gasteiger partial charge on any atom is 0.273 e. The second kappa shape index (κ2) is 5.80. The van der Waals surface area contributed by atoms with Crippen LogP contribution >= 0.6 is 0 Å². The predicted molar refractivity (Wildman–Crippen MR) is 80.0 cm³/mol. The molecule has 1 N–H and O–H groups in total. The van der Waals surface area contributed by atoms with Crippen LogP contribution in [-0.2, 0) is 9.59 Å². The van der Waals surface area contributed by atoms with Crippen LogP contribution in [0.15, 0.2) is 46.0 Å². The largest absolute Gasteiger partial charge is 0.354 e. The number of rotatable bonds is 3. The molecule has 0 saturated carbocycles.